The Morgan fingerprint density at radius 3 is 2.33 bits per heavy atom. The monoisotopic (exact) mass is 250 g/mol. The molecule has 0 aromatic heterocycles. The lowest BCUT2D eigenvalue weighted by atomic mass is 10.1. The van der Waals surface area contributed by atoms with E-state index in [0.29, 0.717) is 6.61 Å². The highest BCUT2D eigenvalue weighted by molar-refractivity contribution is 7.98. The second-order valence-corrected chi connectivity index (χ2v) is 4.79. The molecule has 15 heavy (non-hydrogen) atoms. The summed E-state index contributed by atoms with van der Waals surface area (Å²) in [6.07, 6.45) is 9.53. The summed E-state index contributed by atoms with van der Waals surface area (Å²) in [6, 6.07) is 0. The van der Waals surface area contributed by atoms with E-state index in [1.54, 1.807) is 0 Å². The summed E-state index contributed by atoms with van der Waals surface area (Å²) in [6.45, 7) is 0.560. The van der Waals surface area contributed by atoms with Crippen LogP contribution < -0.4 is 0 Å². The van der Waals surface area contributed by atoms with Crippen molar-refractivity contribution in [3.63, 3.8) is 0 Å². The number of hydrogen-bond acceptors (Lipinski definition) is 4. The van der Waals surface area contributed by atoms with Gasteiger partial charge in [0, 0.05) is 0 Å². The first kappa shape index (κ1) is 15.2. The quantitative estimate of drug-likeness (QED) is 0.366. The third-order valence-corrected chi connectivity index (χ3v) is 3.09. The van der Waals surface area contributed by atoms with E-state index < -0.39 is 0 Å². The maximum absolute atomic E-state index is 10.7. The van der Waals surface area contributed by atoms with Crippen LogP contribution in [0.4, 0.5) is 0 Å². The minimum Gasteiger partial charge on any atom is -0.465 e. The lowest BCUT2D eigenvalue weighted by Gasteiger charge is -2.03. The van der Waals surface area contributed by atoms with E-state index in [-0.39, 0.29) is 11.7 Å². The van der Waals surface area contributed by atoms with Gasteiger partial charge >= 0.3 is 5.97 Å². The zero-order valence-corrected chi connectivity index (χ0v) is 11.2. The second-order valence-electron chi connectivity index (χ2n) is 3.49. The van der Waals surface area contributed by atoms with Crippen LogP contribution >= 0.6 is 24.4 Å². The molecule has 0 aliphatic rings. The summed E-state index contributed by atoms with van der Waals surface area (Å²) in [5.74, 6) is 1.26. The molecule has 0 aliphatic carbocycles. The van der Waals surface area contributed by atoms with Crippen LogP contribution in [0.25, 0.3) is 0 Å². The van der Waals surface area contributed by atoms with Crippen molar-refractivity contribution < 1.29 is 9.53 Å². The number of esters is 1. The van der Waals surface area contributed by atoms with E-state index in [1.807, 2.05) is 11.8 Å². The van der Waals surface area contributed by atoms with Gasteiger partial charge in [0.2, 0.25) is 0 Å². The number of carbonyl (C=O) groups excluding carboxylic acids is 1. The topological polar surface area (TPSA) is 26.3 Å². The van der Waals surface area contributed by atoms with Gasteiger partial charge < -0.3 is 4.74 Å². The highest BCUT2D eigenvalue weighted by Gasteiger charge is 1.97. The van der Waals surface area contributed by atoms with Crippen LogP contribution in [0.15, 0.2) is 0 Å². The van der Waals surface area contributed by atoms with Crippen LogP contribution in [-0.2, 0) is 9.53 Å². The second kappa shape index (κ2) is 12.2. The standard InChI is InChI=1S/C11H22O2S2/c1-15-9-7-5-3-2-4-6-8-13-11(12)10-14/h14H,2-10H2,1H3. The molecular weight excluding hydrogens is 228 g/mol. The maximum atomic E-state index is 10.7. The van der Waals surface area contributed by atoms with Crippen molar-refractivity contribution in [2.75, 3.05) is 24.4 Å². The van der Waals surface area contributed by atoms with E-state index in [0.717, 1.165) is 6.42 Å². The minimum absolute atomic E-state index is 0.189. The first-order chi connectivity index (χ1) is 7.31. The third-order valence-electron chi connectivity index (χ3n) is 2.13. The lowest BCUT2D eigenvalue weighted by molar-refractivity contribution is -0.140. The van der Waals surface area contributed by atoms with Crippen LogP contribution in [0.2, 0.25) is 0 Å². The molecule has 0 bridgehead atoms. The fourth-order valence-electron chi connectivity index (χ4n) is 1.29. The third kappa shape index (κ3) is 12.1. The van der Waals surface area contributed by atoms with Crippen molar-refractivity contribution in [1.29, 1.82) is 0 Å². The van der Waals surface area contributed by atoms with Gasteiger partial charge in [-0.15, -0.1) is 0 Å². The molecule has 0 aliphatic heterocycles. The number of hydrogen-bond donors (Lipinski definition) is 1. The van der Waals surface area contributed by atoms with Gasteiger partial charge in [0.1, 0.15) is 0 Å². The number of thioether (sulfide) groups is 1. The lowest BCUT2D eigenvalue weighted by Crippen LogP contribution is -2.06. The molecule has 0 rings (SSSR count). The fraction of sp³-hybridized carbons (Fsp3) is 0.909. The smallest absolute Gasteiger partial charge is 0.315 e. The van der Waals surface area contributed by atoms with Gasteiger partial charge in [-0.05, 0) is 24.9 Å². The Labute approximate surface area is 103 Å². The Morgan fingerprint density at radius 2 is 1.73 bits per heavy atom. The summed E-state index contributed by atoms with van der Waals surface area (Å²) in [5.41, 5.74) is 0. The molecule has 0 atom stereocenters. The van der Waals surface area contributed by atoms with E-state index in [9.17, 15) is 4.79 Å². The average Bonchev–Trinajstić information content (AvgIpc) is 2.26. The van der Waals surface area contributed by atoms with E-state index >= 15 is 0 Å². The van der Waals surface area contributed by atoms with Crippen molar-refractivity contribution >= 4 is 30.4 Å². The summed E-state index contributed by atoms with van der Waals surface area (Å²) in [5, 5.41) is 0. The van der Waals surface area contributed by atoms with Crippen LogP contribution in [-0.4, -0.2) is 30.3 Å². The van der Waals surface area contributed by atoms with Crippen LogP contribution in [0, 0.1) is 0 Å². The maximum Gasteiger partial charge on any atom is 0.315 e. The molecule has 0 unspecified atom stereocenters. The van der Waals surface area contributed by atoms with Gasteiger partial charge in [0.15, 0.2) is 0 Å². The van der Waals surface area contributed by atoms with Crippen LogP contribution in [0.3, 0.4) is 0 Å². The van der Waals surface area contributed by atoms with Gasteiger partial charge in [-0.2, -0.15) is 24.4 Å². The molecule has 0 N–H and O–H groups in total. The number of rotatable bonds is 10. The predicted octanol–water partition coefficient (Wildman–Crippen LogP) is 3.16. The molecule has 2 nitrogen and oxygen atoms in total. The molecule has 0 radical (unpaired) electrons. The molecule has 90 valence electrons. The fourth-order valence-corrected chi connectivity index (χ4v) is 1.87. The van der Waals surface area contributed by atoms with Crippen molar-refractivity contribution in [3.05, 3.63) is 0 Å². The zero-order chi connectivity index (χ0) is 11.4. The summed E-state index contributed by atoms with van der Waals surface area (Å²) < 4.78 is 4.92. The van der Waals surface area contributed by atoms with Gasteiger partial charge in [0.05, 0.1) is 12.4 Å². The molecule has 0 heterocycles. The predicted molar refractivity (Wildman–Crippen MR) is 70.9 cm³/mol. The molecule has 0 aromatic rings. The average molecular weight is 250 g/mol. The van der Waals surface area contributed by atoms with Crippen LogP contribution in [0.1, 0.15) is 38.5 Å². The van der Waals surface area contributed by atoms with E-state index in [4.69, 9.17) is 4.74 Å². The van der Waals surface area contributed by atoms with Crippen molar-refractivity contribution in [2.45, 2.75) is 38.5 Å². The van der Waals surface area contributed by atoms with Crippen molar-refractivity contribution in [2.24, 2.45) is 0 Å². The summed E-state index contributed by atoms with van der Waals surface area (Å²) >= 11 is 5.74. The first-order valence-electron chi connectivity index (χ1n) is 5.56. The number of thiol groups is 1. The van der Waals surface area contributed by atoms with Crippen molar-refractivity contribution in [1.82, 2.24) is 0 Å². The zero-order valence-electron chi connectivity index (χ0n) is 9.54. The molecule has 0 fully saturated rings. The summed E-state index contributed by atoms with van der Waals surface area (Å²) in [4.78, 5) is 10.7. The molecule has 0 aromatic carbocycles. The Hall–Kier alpha value is 0.170. The molecule has 0 amide bonds. The van der Waals surface area contributed by atoms with Gasteiger partial charge in [-0.1, -0.05) is 25.7 Å². The van der Waals surface area contributed by atoms with Gasteiger partial charge in [-0.25, -0.2) is 0 Å². The van der Waals surface area contributed by atoms with Crippen molar-refractivity contribution in [3.8, 4) is 0 Å². The molecular formula is C11H22O2S2. The SMILES string of the molecule is CSCCCCCCCCOC(=O)CS. The van der Waals surface area contributed by atoms with Crippen LogP contribution in [0.5, 0.6) is 0 Å². The summed E-state index contributed by atoms with van der Waals surface area (Å²) in [7, 11) is 0. The molecule has 0 spiro atoms. The highest BCUT2D eigenvalue weighted by Crippen LogP contribution is 2.07. The minimum atomic E-state index is -0.210. The normalized spacial score (nSPS) is 10.3. The number of carbonyl (C=O) groups is 1. The Morgan fingerprint density at radius 1 is 1.13 bits per heavy atom. The van der Waals surface area contributed by atoms with E-state index in [1.165, 1.54) is 37.9 Å². The first-order valence-corrected chi connectivity index (χ1v) is 7.59. The Kier molecular flexibility index (Phi) is 12.4. The molecule has 4 heteroatoms. The van der Waals surface area contributed by atoms with Gasteiger partial charge in [0.25, 0.3) is 0 Å². The van der Waals surface area contributed by atoms with E-state index in [2.05, 4.69) is 18.9 Å². The Balaban J connectivity index is 2.95. The largest absolute Gasteiger partial charge is 0.465 e. The number of unbranched alkanes of at least 4 members (excludes halogenated alkanes) is 5. The molecule has 0 saturated carbocycles. The number of ether oxygens (including phenoxy) is 1. The molecule has 0 saturated heterocycles. The highest BCUT2D eigenvalue weighted by atomic mass is 32.2. The Bertz CT molecular complexity index is 152. The van der Waals surface area contributed by atoms with Gasteiger partial charge in [-0.3, -0.25) is 4.79 Å².